The van der Waals surface area contributed by atoms with Crippen molar-refractivity contribution in [3.8, 4) is 0 Å². The van der Waals surface area contributed by atoms with Gasteiger partial charge in [0.25, 0.3) is 0 Å². The van der Waals surface area contributed by atoms with E-state index in [0.717, 1.165) is 31.6 Å². The monoisotopic (exact) mass is 298 g/mol. The van der Waals surface area contributed by atoms with Crippen molar-refractivity contribution >= 4 is 11.6 Å². The summed E-state index contributed by atoms with van der Waals surface area (Å²) < 4.78 is 13.9. The van der Waals surface area contributed by atoms with Crippen LogP contribution in [0, 0.1) is 5.82 Å². The Morgan fingerprint density at radius 1 is 1.40 bits per heavy atom. The van der Waals surface area contributed by atoms with Crippen LogP contribution in [0.2, 0.25) is 5.02 Å². The van der Waals surface area contributed by atoms with Crippen molar-refractivity contribution < 1.29 is 4.39 Å². The van der Waals surface area contributed by atoms with E-state index in [1.54, 1.807) is 12.1 Å². The maximum atomic E-state index is 13.9. The average Bonchev–Trinajstić information content (AvgIpc) is 2.43. The Kier molecular flexibility index (Phi) is 6.27. The molecule has 0 aliphatic carbocycles. The molecule has 1 atom stereocenters. The Balaban J connectivity index is 1.96. The third-order valence-electron chi connectivity index (χ3n) is 3.84. The minimum atomic E-state index is -0.199. The fourth-order valence-corrected chi connectivity index (χ4v) is 2.99. The van der Waals surface area contributed by atoms with E-state index in [-0.39, 0.29) is 5.82 Å². The highest BCUT2D eigenvalue weighted by molar-refractivity contribution is 6.30. The molecule has 1 fully saturated rings. The quantitative estimate of drug-likeness (QED) is 0.858. The summed E-state index contributed by atoms with van der Waals surface area (Å²) in [6, 6.07) is 5.52. The molecule has 2 nitrogen and oxygen atoms in total. The lowest BCUT2D eigenvalue weighted by atomic mass is 10.0. The van der Waals surface area contributed by atoms with Crippen LogP contribution in [-0.2, 0) is 6.54 Å². The van der Waals surface area contributed by atoms with Gasteiger partial charge < -0.3 is 5.32 Å². The predicted molar refractivity (Wildman–Crippen MR) is 82.6 cm³/mol. The highest BCUT2D eigenvalue weighted by Crippen LogP contribution is 2.17. The van der Waals surface area contributed by atoms with E-state index in [1.807, 2.05) is 0 Å². The van der Waals surface area contributed by atoms with Crippen LogP contribution in [0.1, 0.15) is 38.2 Å². The van der Waals surface area contributed by atoms with Gasteiger partial charge in [0.1, 0.15) is 5.82 Å². The summed E-state index contributed by atoms with van der Waals surface area (Å²) >= 11 is 5.81. The number of rotatable bonds is 6. The van der Waals surface area contributed by atoms with Gasteiger partial charge in [-0.3, -0.25) is 4.90 Å². The summed E-state index contributed by atoms with van der Waals surface area (Å²) in [6.07, 6.45) is 4.88. The fourth-order valence-electron chi connectivity index (χ4n) is 2.83. The van der Waals surface area contributed by atoms with Gasteiger partial charge in [-0.25, -0.2) is 4.39 Å². The number of benzene rings is 1. The number of nitrogens with zero attached hydrogens (tertiary/aromatic N) is 1. The Morgan fingerprint density at radius 2 is 2.25 bits per heavy atom. The summed E-state index contributed by atoms with van der Waals surface area (Å²) in [6.45, 7) is 5.94. The third-order valence-corrected chi connectivity index (χ3v) is 4.07. The minimum Gasteiger partial charge on any atom is -0.313 e. The van der Waals surface area contributed by atoms with Crippen LogP contribution in [-0.4, -0.2) is 30.6 Å². The molecular formula is C16H24ClFN2. The SMILES string of the molecule is CCCN(Cc1ccc(Cl)cc1F)CC1CCCCN1. The van der Waals surface area contributed by atoms with Crippen molar-refractivity contribution in [2.45, 2.75) is 45.2 Å². The first-order valence-corrected chi connectivity index (χ1v) is 7.96. The Labute approximate surface area is 126 Å². The molecule has 112 valence electrons. The summed E-state index contributed by atoms with van der Waals surface area (Å²) in [5, 5.41) is 4.02. The van der Waals surface area contributed by atoms with E-state index < -0.39 is 0 Å². The number of piperidine rings is 1. The molecule has 4 heteroatoms. The van der Waals surface area contributed by atoms with Gasteiger partial charge in [-0.2, -0.15) is 0 Å². The van der Waals surface area contributed by atoms with Crippen molar-refractivity contribution in [1.82, 2.24) is 10.2 Å². The third kappa shape index (κ3) is 4.72. The molecule has 20 heavy (non-hydrogen) atoms. The molecule has 2 rings (SSSR count). The van der Waals surface area contributed by atoms with E-state index in [0.29, 0.717) is 17.6 Å². The molecule has 1 aliphatic rings. The van der Waals surface area contributed by atoms with Crippen LogP contribution in [0.3, 0.4) is 0 Å². The Morgan fingerprint density at radius 3 is 2.90 bits per heavy atom. The minimum absolute atomic E-state index is 0.199. The van der Waals surface area contributed by atoms with Crippen molar-refractivity contribution in [2.24, 2.45) is 0 Å². The van der Waals surface area contributed by atoms with Gasteiger partial charge in [0.15, 0.2) is 0 Å². The lowest BCUT2D eigenvalue weighted by molar-refractivity contribution is 0.215. The van der Waals surface area contributed by atoms with Gasteiger partial charge in [-0.15, -0.1) is 0 Å². The molecule has 0 aromatic heterocycles. The maximum absolute atomic E-state index is 13.9. The number of hydrogen-bond acceptors (Lipinski definition) is 2. The highest BCUT2D eigenvalue weighted by Gasteiger charge is 2.17. The summed E-state index contributed by atoms with van der Waals surface area (Å²) in [7, 11) is 0. The van der Waals surface area contributed by atoms with Gasteiger partial charge in [0.05, 0.1) is 0 Å². The summed E-state index contributed by atoms with van der Waals surface area (Å²) in [5.74, 6) is -0.199. The molecule has 0 amide bonds. The standard InChI is InChI=1S/C16H24ClFN2/c1-2-9-20(12-15-5-3-4-8-19-15)11-13-6-7-14(17)10-16(13)18/h6-7,10,15,19H,2-5,8-9,11-12H2,1H3. The van der Waals surface area contributed by atoms with Crippen LogP contribution in [0.25, 0.3) is 0 Å². The van der Waals surface area contributed by atoms with E-state index in [9.17, 15) is 4.39 Å². The Bertz CT molecular complexity index is 419. The maximum Gasteiger partial charge on any atom is 0.129 e. The van der Waals surface area contributed by atoms with Crippen LogP contribution < -0.4 is 5.32 Å². The molecule has 1 aliphatic heterocycles. The molecule has 0 radical (unpaired) electrons. The lowest BCUT2D eigenvalue weighted by Gasteiger charge is -2.30. The molecule has 1 unspecified atom stereocenters. The van der Waals surface area contributed by atoms with E-state index >= 15 is 0 Å². The fraction of sp³-hybridized carbons (Fsp3) is 0.625. The molecule has 0 saturated carbocycles. The lowest BCUT2D eigenvalue weighted by Crippen LogP contribution is -2.43. The van der Waals surface area contributed by atoms with E-state index in [1.165, 1.54) is 25.3 Å². The molecule has 1 N–H and O–H groups in total. The summed E-state index contributed by atoms with van der Waals surface area (Å²) in [5.41, 5.74) is 0.735. The van der Waals surface area contributed by atoms with Gasteiger partial charge in [0, 0.05) is 29.7 Å². The number of hydrogen-bond donors (Lipinski definition) is 1. The van der Waals surface area contributed by atoms with Gasteiger partial charge in [-0.1, -0.05) is 31.0 Å². The molecule has 1 aromatic rings. The smallest absolute Gasteiger partial charge is 0.129 e. The van der Waals surface area contributed by atoms with Gasteiger partial charge in [0.2, 0.25) is 0 Å². The summed E-state index contributed by atoms with van der Waals surface area (Å²) in [4.78, 5) is 2.34. The largest absolute Gasteiger partial charge is 0.313 e. The Hall–Kier alpha value is -0.640. The van der Waals surface area contributed by atoms with Crippen molar-refractivity contribution in [3.63, 3.8) is 0 Å². The molecule has 1 heterocycles. The normalized spacial score (nSPS) is 19.5. The molecule has 1 saturated heterocycles. The molecule has 0 spiro atoms. The second-order valence-corrected chi connectivity index (χ2v) is 6.05. The van der Waals surface area contributed by atoms with Gasteiger partial charge in [-0.05, 0) is 44.5 Å². The topological polar surface area (TPSA) is 15.3 Å². The van der Waals surface area contributed by atoms with Crippen molar-refractivity contribution in [1.29, 1.82) is 0 Å². The molecule has 1 aromatic carbocycles. The van der Waals surface area contributed by atoms with Crippen LogP contribution in [0.5, 0.6) is 0 Å². The predicted octanol–water partition coefficient (Wildman–Crippen LogP) is 3.83. The van der Waals surface area contributed by atoms with Crippen LogP contribution >= 0.6 is 11.6 Å². The highest BCUT2D eigenvalue weighted by atomic mass is 35.5. The van der Waals surface area contributed by atoms with E-state index in [2.05, 4.69) is 17.1 Å². The second-order valence-electron chi connectivity index (χ2n) is 5.62. The number of nitrogens with one attached hydrogen (secondary N) is 1. The van der Waals surface area contributed by atoms with Crippen molar-refractivity contribution in [3.05, 3.63) is 34.6 Å². The zero-order valence-corrected chi connectivity index (χ0v) is 12.9. The first-order valence-electron chi connectivity index (χ1n) is 7.58. The van der Waals surface area contributed by atoms with E-state index in [4.69, 9.17) is 11.6 Å². The molecular weight excluding hydrogens is 275 g/mol. The zero-order valence-electron chi connectivity index (χ0n) is 12.2. The zero-order chi connectivity index (χ0) is 14.4. The van der Waals surface area contributed by atoms with Crippen molar-refractivity contribution in [2.75, 3.05) is 19.6 Å². The average molecular weight is 299 g/mol. The molecule has 0 bridgehead atoms. The number of halogens is 2. The first-order chi connectivity index (χ1) is 9.69. The van der Waals surface area contributed by atoms with Crippen LogP contribution in [0.4, 0.5) is 4.39 Å². The van der Waals surface area contributed by atoms with Gasteiger partial charge >= 0.3 is 0 Å². The second kappa shape index (κ2) is 7.96. The first kappa shape index (κ1) is 15.7. The van der Waals surface area contributed by atoms with Crippen LogP contribution in [0.15, 0.2) is 18.2 Å².